The highest BCUT2D eigenvalue weighted by atomic mass is 32.2. The van der Waals surface area contributed by atoms with E-state index in [0.717, 1.165) is 28.3 Å². The fourth-order valence-electron chi connectivity index (χ4n) is 3.28. The van der Waals surface area contributed by atoms with E-state index in [-0.39, 0.29) is 5.91 Å². The van der Waals surface area contributed by atoms with Gasteiger partial charge in [0.05, 0.1) is 34.4 Å². The van der Waals surface area contributed by atoms with E-state index in [1.807, 2.05) is 43.5 Å². The molecule has 0 saturated carbocycles. The predicted molar refractivity (Wildman–Crippen MR) is 130 cm³/mol. The van der Waals surface area contributed by atoms with E-state index >= 15 is 0 Å². The van der Waals surface area contributed by atoms with Crippen molar-refractivity contribution >= 4 is 49.0 Å². The first-order chi connectivity index (χ1) is 15.1. The number of aryl methyl sites for hydroxylation is 2. The first kappa shape index (κ1) is 21.9. The lowest BCUT2D eigenvalue weighted by molar-refractivity contribution is 0.102. The number of hydrogen-bond donors (Lipinski definition) is 1. The number of fused-ring (bicyclic) bond motifs is 1. The molecule has 0 saturated heterocycles. The zero-order valence-corrected chi connectivity index (χ0v) is 19.7. The normalized spacial score (nSPS) is 11.5. The quantitative estimate of drug-likeness (QED) is 0.463. The summed E-state index contributed by atoms with van der Waals surface area (Å²) in [4.78, 5) is 21.9. The maximum absolute atomic E-state index is 12.9. The van der Waals surface area contributed by atoms with Crippen LogP contribution in [-0.2, 0) is 10.0 Å². The summed E-state index contributed by atoms with van der Waals surface area (Å²) in [5.41, 5.74) is 5.21. The number of rotatable bonds is 5. The van der Waals surface area contributed by atoms with Crippen LogP contribution in [0, 0.1) is 13.8 Å². The standard InChI is InChI=1S/C23H22N4O3S2/c1-14-5-10-20-17(11-14)12-19(15(2)24-20)22(28)26-23-25-21(13-31-23)16-6-8-18(9-7-16)27(3)32(4,29)30/h5-13H,1-4H3,(H,25,26,28). The van der Waals surface area contributed by atoms with Gasteiger partial charge in [-0.05, 0) is 44.2 Å². The van der Waals surface area contributed by atoms with Crippen LogP contribution in [0.1, 0.15) is 21.6 Å². The van der Waals surface area contributed by atoms with Gasteiger partial charge in [0.2, 0.25) is 10.0 Å². The third kappa shape index (κ3) is 4.49. The topological polar surface area (TPSA) is 92.3 Å². The van der Waals surface area contributed by atoms with Gasteiger partial charge in [0.15, 0.2) is 5.13 Å². The van der Waals surface area contributed by atoms with Crippen LogP contribution in [0.5, 0.6) is 0 Å². The molecule has 7 nitrogen and oxygen atoms in total. The summed E-state index contributed by atoms with van der Waals surface area (Å²) in [5, 5.41) is 6.10. The molecule has 2 aromatic carbocycles. The van der Waals surface area contributed by atoms with Gasteiger partial charge in [-0.3, -0.25) is 19.4 Å². The molecule has 0 radical (unpaired) electrons. The van der Waals surface area contributed by atoms with E-state index in [2.05, 4.69) is 15.3 Å². The number of nitrogens with zero attached hydrogens (tertiary/aromatic N) is 3. The van der Waals surface area contributed by atoms with Gasteiger partial charge in [-0.1, -0.05) is 23.8 Å². The van der Waals surface area contributed by atoms with Crippen molar-refractivity contribution in [2.45, 2.75) is 13.8 Å². The van der Waals surface area contributed by atoms with Gasteiger partial charge in [0, 0.05) is 23.4 Å². The largest absolute Gasteiger partial charge is 0.298 e. The minimum atomic E-state index is -3.32. The lowest BCUT2D eigenvalue weighted by Crippen LogP contribution is -2.24. The van der Waals surface area contributed by atoms with Crippen LogP contribution in [0.25, 0.3) is 22.2 Å². The van der Waals surface area contributed by atoms with Crippen LogP contribution >= 0.6 is 11.3 Å². The van der Waals surface area contributed by atoms with Gasteiger partial charge in [-0.25, -0.2) is 13.4 Å². The Labute approximate surface area is 190 Å². The average molecular weight is 467 g/mol. The predicted octanol–water partition coefficient (Wildman–Crippen LogP) is 4.62. The van der Waals surface area contributed by atoms with E-state index in [9.17, 15) is 13.2 Å². The molecule has 0 spiro atoms. The van der Waals surface area contributed by atoms with Crippen LogP contribution < -0.4 is 9.62 Å². The molecule has 0 bridgehead atoms. The summed E-state index contributed by atoms with van der Waals surface area (Å²) in [6.45, 7) is 3.82. The molecular formula is C23H22N4O3S2. The van der Waals surface area contributed by atoms with Gasteiger partial charge < -0.3 is 0 Å². The summed E-state index contributed by atoms with van der Waals surface area (Å²) in [5.74, 6) is -0.260. The lowest BCUT2D eigenvalue weighted by atomic mass is 10.1. The zero-order chi connectivity index (χ0) is 23.0. The fourth-order valence-corrected chi connectivity index (χ4v) is 4.50. The number of hydrogen-bond acceptors (Lipinski definition) is 6. The first-order valence-electron chi connectivity index (χ1n) is 9.81. The minimum Gasteiger partial charge on any atom is -0.298 e. The van der Waals surface area contributed by atoms with Gasteiger partial charge >= 0.3 is 0 Å². The monoisotopic (exact) mass is 466 g/mol. The number of nitrogens with one attached hydrogen (secondary N) is 1. The Morgan fingerprint density at radius 3 is 2.44 bits per heavy atom. The highest BCUT2D eigenvalue weighted by Gasteiger charge is 2.15. The SMILES string of the molecule is Cc1ccc2nc(C)c(C(=O)Nc3nc(-c4ccc(N(C)S(C)(=O)=O)cc4)cs3)cc2c1. The Balaban J connectivity index is 1.54. The molecule has 0 aliphatic rings. The molecule has 2 heterocycles. The summed E-state index contributed by atoms with van der Waals surface area (Å²) in [6, 6.07) is 14.9. The van der Waals surface area contributed by atoms with E-state index < -0.39 is 10.0 Å². The molecule has 4 rings (SSSR count). The summed E-state index contributed by atoms with van der Waals surface area (Å²) >= 11 is 1.32. The maximum Gasteiger partial charge on any atom is 0.259 e. The number of anilines is 2. The van der Waals surface area contributed by atoms with E-state index in [4.69, 9.17) is 0 Å². The van der Waals surface area contributed by atoms with Crippen molar-refractivity contribution in [2.75, 3.05) is 22.9 Å². The van der Waals surface area contributed by atoms with E-state index in [1.54, 1.807) is 24.3 Å². The second-order valence-electron chi connectivity index (χ2n) is 7.59. The first-order valence-corrected chi connectivity index (χ1v) is 12.5. The third-order valence-corrected chi connectivity index (χ3v) is 7.12. The fraction of sp³-hybridized carbons (Fsp3) is 0.174. The lowest BCUT2D eigenvalue weighted by Gasteiger charge is -2.16. The number of carbonyl (C=O) groups excluding carboxylic acids is 1. The summed E-state index contributed by atoms with van der Waals surface area (Å²) in [7, 11) is -1.82. The number of amides is 1. The Morgan fingerprint density at radius 1 is 1.03 bits per heavy atom. The zero-order valence-electron chi connectivity index (χ0n) is 18.1. The smallest absolute Gasteiger partial charge is 0.259 e. The minimum absolute atomic E-state index is 0.260. The van der Waals surface area contributed by atoms with Gasteiger partial charge in [-0.15, -0.1) is 11.3 Å². The molecule has 0 fully saturated rings. The van der Waals surface area contributed by atoms with Crippen molar-refractivity contribution < 1.29 is 13.2 Å². The highest BCUT2D eigenvalue weighted by molar-refractivity contribution is 7.92. The van der Waals surface area contributed by atoms with Crippen LogP contribution in [0.4, 0.5) is 10.8 Å². The van der Waals surface area contributed by atoms with Crippen molar-refractivity contribution in [1.82, 2.24) is 9.97 Å². The van der Waals surface area contributed by atoms with Crippen LogP contribution in [0.3, 0.4) is 0 Å². The number of carbonyl (C=O) groups is 1. The second-order valence-corrected chi connectivity index (χ2v) is 10.5. The van der Waals surface area contributed by atoms with E-state index in [1.165, 1.54) is 22.7 Å². The third-order valence-electron chi connectivity index (χ3n) is 5.15. The maximum atomic E-state index is 12.9. The molecule has 9 heteroatoms. The molecular weight excluding hydrogens is 444 g/mol. The molecule has 4 aromatic rings. The molecule has 0 aliphatic carbocycles. The number of thiazole rings is 1. The molecule has 1 N–H and O–H groups in total. The summed E-state index contributed by atoms with van der Waals surface area (Å²) in [6.07, 6.45) is 1.16. The molecule has 32 heavy (non-hydrogen) atoms. The molecule has 0 atom stereocenters. The Bertz CT molecular complexity index is 1430. The van der Waals surface area contributed by atoms with Crippen LogP contribution in [0.15, 0.2) is 53.9 Å². The Kier molecular flexibility index (Phi) is 5.70. The number of sulfonamides is 1. The molecule has 0 unspecified atom stereocenters. The number of aromatic nitrogens is 2. The second kappa shape index (κ2) is 8.33. The average Bonchev–Trinajstić information content (AvgIpc) is 3.21. The van der Waals surface area contributed by atoms with Crippen molar-refractivity contribution in [3.63, 3.8) is 0 Å². The van der Waals surface area contributed by atoms with Crippen LogP contribution in [-0.4, -0.2) is 37.6 Å². The van der Waals surface area contributed by atoms with Crippen LogP contribution in [0.2, 0.25) is 0 Å². The van der Waals surface area contributed by atoms with Crippen molar-refractivity contribution in [3.8, 4) is 11.3 Å². The van der Waals surface area contributed by atoms with E-state index in [0.29, 0.717) is 27.8 Å². The van der Waals surface area contributed by atoms with Gasteiger partial charge in [0.25, 0.3) is 5.91 Å². The van der Waals surface area contributed by atoms with Crippen molar-refractivity contribution in [3.05, 3.63) is 70.7 Å². The molecule has 2 aromatic heterocycles. The molecule has 1 amide bonds. The molecule has 0 aliphatic heterocycles. The molecule has 164 valence electrons. The highest BCUT2D eigenvalue weighted by Crippen LogP contribution is 2.28. The Morgan fingerprint density at radius 2 is 1.75 bits per heavy atom. The van der Waals surface area contributed by atoms with Gasteiger partial charge in [0.1, 0.15) is 0 Å². The van der Waals surface area contributed by atoms with Gasteiger partial charge in [-0.2, -0.15) is 0 Å². The number of pyridine rings is 1. The number of benzene rings is 2. The summed E-state index contributed by atoms with van der Waals surface area (Å²) < 4.78 is 24.6. The van der Waals surface area contributed by atoms with Crippen molar-refractivity contribution in [1.29, 1.82) is 0 Å². The van der Waals surface area contributed by atoms with Crippen molar-refractivity contribution in [2.24, 2.45) is 0 Å². The Hall–Kier alpha value is -3.30.